The Morgan fingerprint density at radius 2 is 1.41 bits per heavy atom. The number of para-hydroxylation sites is 2. The molecule has 1 saturated carbocycles. The van der Waals surface area contributed by atoms with Crippen LogP contribution in [0.25, 0.3) is 12.2 Å². The van der Waals surface area contributed by atoms with Gasteiger partial charge < -0.3 is 10.6 Å². The lowest BCUT2D eigenvalue weighted by Crippen LogP contribution is -2.40. The lowest BCUT2D eigenvalue weighted by molar-refractivity contribution is 0.389. The largest absolute Gasteiger partial charge is 0.337 e. The molecule has 2 aromatic rings. The Morgan fingerprint density at radius 3 is 2.00 bits per heavy atom. The summed E-state index contributed by atoms with van der Waals surface area (Å²) in [4.78, 5) is 2.53. The van der Waals surface area contributed by atoms with E-state index in [9.17, 15) is 0 Å². The van der Waals surface area contributed by atoms with Crippen LogP contribution in [0, 0.1) is 0 Å². The maximum Gasteiger partial charge on any atom is 0.0487 e. The fraction of sp³-hybridized carbons (Fsp3) is 0.300. The first-order chi connectivity index (χ1) is 10.8. The number of nitrogens with zero attached hydrogens (tertiary/aromatic N) is 1. The van der Waals surface area contributed by atoms with Gasteiger partial charge in [0.15, 0.2) is 0 Å². The van der Waals surface area contributed by atoms with Gasteiger partial charge in [0.2, 0.25) is 0 Å². The van der Waals surface area contributed by atoms with Crippen LogP contribution in [-0.2, 0) is 0 Å². The summed E-state index contributed by atoms with van der Waals surface area (Å²) in [5, 5.41) is 0. The molecule has 1 aliphatic heterocycles. The van der Waals surface area contributed by atoms with Gasteiger partial charge in [0, 0.05) is 23.5 Å². The second-order valence-corrected chi connectivity index (χ2v) is 6.40. The molecule has 0 aromatic heterocycles. The molecule has 1 heterocycles. The van der Waals surface area contributed by atoms with Gasteiger partial charge in [0.05, 0.1) is 0 Å². The highest BCUT2D eigenvalue weighted by molar-refractivity contribution is 5.89. The lowest BCUT2D eigenvalue weighted by atomic mass is 9.89. The number of anilines is 2. The summed E-state index contributed by atoms with van der Waals surface area (Å²) in [6.45, 7) is 0. The Balaban J connectivity index is 1.86. The molecule has 2 atom stereocenters. The van der Waals surface area contributed by atoms with E-state index in [0.29, 0.717) is 12.1 Å². The van der Waals surface area contributed by atoms with Crippen molar-refractivity contribution < 1.29 is 0 Å². The summed E-state index contributed by atoms with van der Waals surface area (Å²) in [6, 6.07) is 18.2. The summed E-state index contributed by atoms with van der Waals surface area (Å²) < 4.78 is 0. The van der Waals surface area contributed by atoms with Crippen molar-refractivity contribution in [2.24, 2.45) is 5.73 Å². The second kappa shape index (κ2) is 5.62. The molecule has 0 bridgehead atoms. The summed E-state index contributed by atoms with van der Waals surface area (Å²) in [7, 11) is 0. The molecule has 22 heavy (non-hydrogen) atoms. The third-order valence-electron chi connectivity index (χ3n) is 4.89. The second-order valence-electron chi connectivity index (χ2n) is 6.40. The van der Waals surface area contributed by atoms with E-state index in [0.717, 1.165) is 12.8 Å². The van der Waals surface area contributed by atoms with E-state index in [1.54, 1.807) is 0 Å². The molecule has 4 rings (SSSR count). The van der Waals surface area contributed by atoms with Gasteiger partial charge in [-0.15, -0.1) is 0 Å². The fourth-order valence-corrected chi connectivity index (χ4v) is 3.83. The number of hydrogen-bond donors (Lipinski definition) is 1. The summed E-state index contributed by atoms with van der Waals surface area (Å²) in [5.74, 6) is 0. The molecule has 2 N–H and O–H groups in total. The van der Waals surface area contributed by atoms with Crippen LogP contribution < -0.4 is 10.6 Å². The van der Waals surface area contributed by atoms with Gasteiger partial charge in [0.25, 0.3) is 0 Å². The quantitative estimate of drug-likeness (QED) is 0.833. The van der Waals surface area contributed by atoms with Crippen LogP contribution in [0.3, 0.4) is 0 Å². The van der Waals surface area contributed by atoms with Gasteiger partial charge in [-0.2, -0.15) is 0 Å². The maximum absolute atomic E-state index is 6.27. The van der Waals surface area contributed by atoms with E-state index in [1.807, 2.05) is 0 Å². The monoisotopic (exact) mass is 290 g/mol. The lowest BCUT2D eigenvalue weighted by Gasteiger charge is -2.39. The fourth-order valence-electron chi connectivity index (χ4n) is 3.83. The molecule has 2 aromatic carbocycles. The molecule has 0 radical (unpaired) electrons. The standard InChI is InChI=1S/C20H22N2/c21-17-8-5-9-18(14-17)22-19-10-3-1-6-15(19)12-13-16-7-2-4-11-20(16)22/h1-4,6-7,10-13,17-18H,5,8-9,14,21H2. The Hall–Kier alpha value is -2.06. The molecule has 0 amide bonds. The Labute approximate surface area is 132 Å². The van der Waals surface area contributed by atoms with Crippen LogP contribution >= 0.6 is 0 Å². The zero-order chi connectivity index (χ0) is 14.9. The average Bonchev–Trinajstić information content (AvgIpc) is 2.71. The molecule has 2 unspecified atom stereocenters. The topological polar surface area (TPSA) is 29.3 Å². The van der Waals surface area contributed by atoms with Crippen molar-refractivity contribution in [3.8, 4) is 0 Å². The number of benzene rings is 2. The highest BCUT2D eigenvalue weighted by atomic mass is 15.2. The van der Waals surface area contributed by atoms with E-state index in [-0.39, 0.29) is 0 Å². The Morgan fingerprint density at radius 1 is 0.818 bits per heavy atom. The summed E-state index contributed by atoms with van der Waals surface area (Å²) in [6.07, 6.45) is 9.14. The highest BCUT2D eigenvalue weighted by Crippen LogP contribution is 2.40. The minimum Gasteiger partial charge on any atom is -0.337 e. The van der Waals surface area contributed by atoms with Gasteiger partial charge >= 0.3 is 0 Å². The van der Waals surface area contributed by atoms with Crippen LogP contribution in [0.2, 0.25) is 0 Å². The number of nitrogens with two attached hydrogens (primary N) is 1. The molecule has 1 aliphatic carbocycles. The van der Waals surface area contributed by atoms with Gasteiger partial charge in [0.1, 0.15) is 0 Å². The van der Waals surface area contributed by atoms with Crippen LogP contribution in [0.15, 0.2) is 48.5 Å². The first kappa shape index (κ1) is 13.6. The minimum atomic E-state index is 0.328. The van der Waals surface area contributed by atoms with Crippen molar-refractivity contribution in [1.29, 1.82) is 0 Å². The van der Waals surface area contributed by atoms with Crippen molar-refractivity contribution >= 4 is 23.5 Å². The molecule has 0 spiro atoms. The summed E-state index contributed by atoms with van der Waals surface area (Å²) >= 11 is 0. The van der Waals surface area contributed by atoms with Gasteiger partial charge in [-0.1, -0.05) is 48.6 Å². The van der Waals surface area contributed by atoms with E-state index >= 15 is 0 Å². The molecular weight excluding hydrogens is 268 g/mol. The number of rotatable bonds is 1. The van der Waals surface area contributed by atoms with Gasteiger partial charge in [-0.25, -0.2) is 0 Å². The van der Waals surface area contributed by atoms with Crippen molar-refractivity contribution in [2.75, 3.05) is 4.90 Å². The normalized spacial score (nSPS) is 23.6. The molecule has 1 fully saturated rings. The molecular formula is C20H22N2. The first-order valence-electron chi connectivity index (χ1n) is 8.24. The molecule has 2 heteroatoms. The Kier molecular flexibility index (Phi) is 3.47. The molecule has 112 valence electrons. The minimum absolute atomic E-state index is 0.328. The smallest absolute Gasteiger partial charge is 0.0487 e. The first-order valence-corrected chi connectivity index (χ1v) is 8.24. The Bertz CT molecular complexity index is 655. The van der Waals surface area contributed by atoms with Crippen LogP contribution in [0.4, 0.5) is 11.4 Å². The van der Waals surface area contributed by atoms with Crippen molar-refractivity contribution in [3.63, 3.8) is 0 Å². The average molecular weight is 290 g/mol. The molecule has 0 saturated heterocycles. The predicted molar refractivity (Wildman–Crippen MR) is 94.2 cm³/mol. The zero-order valence-electron chi connectivity index (χ0n) is 12.8. The predicted octanol–water partition coefficient (Wildman–Crippen LogP) is 4.58. The van der Waals surface area contributed by atoms with Gasteiger partial charge in [-0.05, 0) is 48.9 Å². The SMILES string of the molecule is NC1CCCC(N2c3ccccc3C=Cc3ccccc32)C1. The van der Waals surface area contributed by atoms with E-state index in [2.05, 4.69) is 65.6 Å². The highest BCUT2D eigenvalue weighted by Gasteiger charge is 2.29. The van der Waals surface area contributed by atoms with E-state index < -0.39 is 0 Å². The maximum atomic E-state index is 6.27. The van der Waals surface area contributed by atoms with Crippen molar-refractivity contribution in [3.05, 3.63) is 59.7 Å². The van der Waals surface area contributed by atoms with Crippen molar-refractivity contribution in [2.45, 2.75) is 37.8 Å². The number of hydrogen-bond acceptors (Lipinski definition) is 2. The number of fused-ring (bicyclic) bond motifs is 2. The third-order valence-corrected chi connectivity index (χ3v) is 4.89. The zero-order valence-corrected chi connectivity index (χ0v) is 12.8. The van der Waals surface area contributed by atoms with Crippen LogP contribution in [0.5, 0.6) is 0 Å². The summed E-state index contributed by atoms with van der Waals surface area (Å²) in [5.41, 5.74) is 11.5. The van der Waals surface area contributed by atoms with E-state index in [1.165, 1.54) is 35.3 Å². The third kappa shape index (κ3) is 2.34. The van der Waals surface area contributed by atoms with Crippen LogP contribution in [0.1, 0.15) is 36.8 Å². The van der Waals surface area contributed by atoms with Gasteiger partial charge in [-0.3, -0.25) is 0 Å². The molecule has 2 aliphatic rings. The van der Waals surface area contributed by atoms with Crippen LogP contribution in [-0.4, -0.2) is 12.1 Å². The van der Waals surface area contributed by atoms with Crippen molar-refractivity contribution in [1.82, 2.24) is 0 Å². The van der Waals surface area contributed by atoms with E-state index in [4.69, 9.17) is 5.73 Å². The molecule has 2 nitrogen and oxygen atoms in total.